The lowest BCUT2D eigenvalue weighted by molar-refractivity contribution is 0.632. The Balaban J connectivity index is 1.14. The average Bonchev–Trinajstić information content (AvgIpc) is 3.67. The van der Waals surface area contributed by atoms with Crippen molar-refractivity contribution in [3.05, 3.63) is 224 Å². The molecule has 1 aromatic heterocycles. The maximum absolute atomic E-state index is 6.84. The highest BCUT2D eigenvalue weighted by atomic mass is 16.3. The van der Waals surface area contributed by atoms with Gasteiger partial charge in [0, 0.05) is 27.9 Å². The smallest absolute Gasteiger partial charge is 0.145 e. The van der Waals surface area contributed by atoms with E-state index < -0.39 is 0 Å². The van der Waals surface area contributed by atoms with E-state index in [1.807, 2.05) is 6.07 Å². The number of rotatable bonds is 8. The van der Waals surface area contributed by atoms with Gasteiger partial charge in [0.05, 0.1) is 5.69 Å². The van der Waals surface area contributed by atoms with Crippen LogP contribution in [-0.4, -0.2) is 0 Å². The van der Waals surface area contributed by atoms with Crippen LogP contribution in [0, 0.1) is 0 Å². The summed E-state index contributed by atoms with van der Waals surface area (Å²) in [7, 11) is 0. The first-order valence-corrected chi connectivity index (χ1v) is 19.1. The molecule has 0 N–H and O–H groups in total. The van der Waals surface area contributed by atoms with Gasteiger partial charge in [0.2, 0.25) is 0 Å². The van der Waals surface area contributed by atoms with Gasteiger partial charge in [-0.25, -0.2) is 0 Å². The zero-order valence-corrected chi connectivity index (χ0v) is 30.7. The maximum atomic E-state index is 6.84. The molecule has 2 heteroatoms. The predicted molar refractivity (Wildman–Crippen MR) is 236 cm³/mol. The van der Waals surface area contributed by atoms with Crippen molar-refractivity contribution in [2.45, 2.75) is 0 Å². The van der Waals surface area contributed by atoms with Crippen LogP contribution in [-0.2, 0) is 0 Å². The third-order valence-electron chi connectivity index (χ3n) is 10.7. The first kappa shape index (κ1) is 33.2. The largest absolute Gasteiger partial charge is 0.455 e. The highest BCUT2D eigenvalue weighted by Crippen LogP contribution is 2.47. The van der Waals surface area contributed by atoms with E-state index in [1.54, 1.807) is 0 Å². The van der Waals surface area contributed by atoms with Gasteiger partial charge in [-0.2, -0.15) is 0 Å². The molecule has 264 valence electrons. The molecule has 0 unspecified atom stereocenters. The number of furan rings is 1. The second-order valence-corrected chi connectivity index (χ2v) is 14.1. The van der Waals surface area contributed by atoms with Gasteiger partial charge >= 0.3 is 0 Å². The summed E-state index contributed by atoms with van der Waals surface area (Å²) in [6.07, 6.45) is 0. The minimum absolute atomic E-state index is 0.846. The molecule has 0 aliphatic carbocycles. The van der Waals surface area contributed by atoms with Crippen LogP contribution in [0.2, 0.25) is 0 Å². The van der Waals surface area contributed by atoms with E-state index in [0.717, 1.165) is 61.6 Å². The number of benzene rings is 9. The molecule has 9 aromatic carbocycles. The second kappa shape index (κ2) is 14.4. The van der Waals surface area contributed by atoms with Gasteiger partial charge in [0.15, 0.2) is 0 Å². The zero-order valence-electron chi connectivity index (χ0n) is 30.7. The number of nitrogens with zero attached hydrogens (tertiary/aromatic N) is 1. The topological polar surface area (TPSA) is 16.4 Å². The predicted octanol–water partition coefficient (Wildman–Crippen LogP) is 15.4. The van der Waals surface area contributed by atoms with E-state index >= 15 is 0 Å². The summed E-state index contributed by atoms with van der Waals surface area (Å²) in [4.78, 5) is 2.37. The normalized spacial score (nSPS) is 11.2. The van der Waals surface area contributed by atoms with Crippen LogP contribution < -0.4 is 4.90 Å². The summed E-state index contributed by atoms with van der Waals surface area (Å²) < 4.78 is 6.84. The minimum Gasteiger partial charge on any atom is -0.455 e. The van der Waals surface area contributed by atoms with E-state index in [0.29, 0.717) is 0 Å². The van der Waals surface area contributed by atoms with Crippen LogP contribution >= 0.6 is 0 Å². The molecule has 10 aromatic rings. The van der Waals surface area contributed by atoms with E-state index in [1.165, 1.54) is 33.0 Å². The van der Waals surface area contributed by atoms with Crippen molar-refractivity contribution < 1.29 is 4.42 Å². The molecule has 0 radical (unpaired) electrons. The Labute approximate surface area is 327 Å². The van der Waals surface area contributed by atoms with Crippen molar-refractivity contribution in [3.8, 4) is 55.8 Å². The zero-order chi connectivity index (χ0) is 37.3. The summed E-state index contributed by atoms with van der Waals surface area (Å²) in [6.45, 7) is 0. The van der Waals surface area contributed by atoms with E-state index in [2.05, 4.69) is 223 Å². The van der Waals surface area contributed by atoms with Gasteiger partial charge in [0.25, 0.3) is 0 Å². The molecule has 10 rings (SSSR count). The Hall–Kier alpha value is -7.42. The van der Waals surface area contributed by atoms with Crippen LogP contribution in [0.3, 0.4) is 0 Å². The van der Waals surface area contributed by atoms with Crippen LogP contribution in [0.5, 0.6) is 0 Å². The Bertz CT molecular complexity index is 2940. The fourth-order valence-corrected chi connectivity index (χ4v) is 7.99. The Morgan fingerprint density at radius 1 is 0.321 bits per heavy atom. The second-order valence-electron chi connectivity index (χ2n) is 14.1. The highest BCUT2D eigenvalue weighted by Gasteiger charge is 2.24. The van der Waals surface area contributed by atoms with Crippen molar-refractivity contribution in [2.75, 3.05) is 4.90 Å². The fraction of sp³-hybridized carbons (Fsp3) is 0. The van der Waals surface area contributed by atoms with Crippen molar-refractivity contribution in [1.29, 1.82) is 0 Å². The Morgan fingerprint density at radius 3 is 1.59 bits per heavy atom. The van der Waals surface area contributed by atoms with Crippen molar-refractivity contribution >= 4 is 38.8 Å². The molecule has 56 heavy (non-hydrogen) atoms. The summed E-state index contributed by atoms with van der Waals surface area (Å²) in [6, 6.07) is 79.9. The maximum Gasteiger partial charge on any atom is 0.145 e. The summed E-state index contributed by atoms with van der Waals surface area (Å²) >= 11 is 0. The number of anilines is 3. The summed E-state index contributed by atoms with van der Waals surface area (Å²) in [5, 5.41) is 3.55. The van der Waals surface area contributed by atoms with Gasteiger partial charge < -0.3 is 9.32 Å². The summed E-state index contributed by atoms with van der Waals surface area (Å²) in [5.74, 6) is 0.846. The van der Waals surface area contributed by atoms with Crippen LogP contribution in [0.15, 0.2) is 229 Å². The number of para-hydroxylation sites is 2. The lowest BCUT2D eigenvalue weighted by Gasteiger charge is -2.28. The molecule has 0 saturated heterocycles. The molecular formula is C54H37NO. The minimum atomic E-state index is 0.846. The molecule has 0 atom stereocenters. The molecule has 0 amide bonds. The molecule has 0 saturated carbocycles. The molecule has 0 spiro atoms. The molecule has 0 fully saturated rings. The molecule has 1 heterocycles. The third kappa shape index (κ3) is 6.14. The van der Waals surface area contributed by atoms with Crippen LogP contribution in [0.1, 0.15) is 0 Å². The van der Waals surface area contributed by atoms with Gasteiger partial charge in [-0.15, -0.1) is 0 Å². The van der Waals surface area contributed by atoms with Crippen molar-refractivity contribution in [3.63, 3.8) is 0 Å². The average molecular weight is 716 g/mol. The fourth-order valence-electron chi connectivity index (χ4n) is 7.99. The van der Waals surface area contributed by atoms with E-state index in [9.17, 15) is 0 Å². The van der Waals surface area contributed by atoms with Crippen LogP contribution in [0.25, 0.3) is 77.6 Å². The number of hydrogen-bond donors (Lipinski definition) is 0. The first-order valence-electron chi connectivity index (χ1n) is 19.1. The van der Waals surface area contributed by atoms with Gasteiger partial charge in [-0.3, -0.25) is 0 Å². The first-order chi connectivity index (χ1) is 27.8. The molecule has 0 aliphatic rings. The van der Waals surface area contributed by atoms with Gasteiger partial charge in [-0.05, 0) is 92.2 Å². The standard InChI is InChI=1S/C54H37NO/c1-3-15-38(16-4-1)39-29-31-40(32-30-39)41-33-35-45(36-34-41)55(46-22-13-21-44(37-46)48-26-14-20-42-17-7-8-23-47(42)48)51-27-11-9-24-49(51)54-53(43-18-5-2-6-19-43)50-25-10-12-28-52(50)56-54/h1-37H. The number of fused-ring (bicyclic) bond motifs is 2. The van der Waals surface area contributed by atoms with E-state index in [-0.39, 0.29) is 0 Å². The van der Waals surface area contributed by atoms with Gasteiger partial charge in [-0.1, -0.05) is 182 Å². The van der Waals surface area contributed by atoms with Crippen molar-refractivity contribution in [2.24, 2.45) is 0 Å². The Morgan fingerprint density at radius 2 is 0.839 bits per heavy atom. The highest BCUT2D eigenvalue weighted by molar-refractivity contribution is 6.04. The quantitative estimate of drug-likeness (QED) is 0.156. The molecule has 0 bridgehead atoms. The van der Waals surface area contributed by atoms with Crippen molar-refractivity contribution in [1.82, 2.24) is 0 Å². The third-order valence-corrected chi connectivity index (χ3v) is 10.7. The van der Waals surface area contributed by atoms with E-state index in [4.69, 9.17) is 4.42 Å². The Kier molecular flexibility index (Phi) is 8.55. The lowest BCUT2D eigenvalue weighted by Crippen LogP contribution is -2.11. The van der Waals surface area contributed by atoms with Gasteiger partial charge in [0.1, 0.15) is 11.3 Å². The monoisotopic (exact) mass is 715 g/mol. The molecule has 2 nitrogen and oxygen atoms in total. The molecular weight excluding hydrogens is 679 g/mol. The molecule has 0 aliphatic heterocycles. The lowest BCUT2D eigenvalue weighted by atomic mass is 9.96. The summed E-state index contributed by atoms with van der Waals surface area (Å²) in [5.41, 5.74) is 14.3. The SMILES string of the molecule is c1ccc(-c2ccc(-c3ccc(N(c4cccc(-c5cccc6ccccc56)c4)c4ccccc4-c4oc5ccccc5c4-c4ccccc4)cc3)cc2)cc1. The number of hydrogen-bond acceptors (Lipinski definition) is 2. The van der Waals surface area contributed by atoms with Crippen LogP contribution in [0.4, 0.5) is 17.1 Å².